The molecular weight excluding hydrogens is 194 g/mol. The van der Waals surface area contributed by atoms with Crippen LogP contribution in [0.3, 0.4) is 0 Å². The fourth-order valence-corrected chi connectivity index (χ4v) is 2.22. The molecule has 1 aromatic rings. The van der Waals surface area contributed by atoms with E-state index >= 15 is 0 Å². The fourth-order valence-electron chi connectivity index (χ4n) is 2.22. The number of hydrogen-bond acceptors (Lipinski definition) is 1. The zero-order valence-electron chi connectivity index (χ0n) is 10.7. The summed E-state index contributed by atoms with van der Waals surface area (Å²) >= 11 is 0. The Bertz CT molecular complexity index is 341. The molecular formula is C15H23N. The number of nitrogens with one attached hydrogen (secondary N) is 1. The maximum absolute atomic E-state index is 3.66. The molecule has 2 unspecified atom stereocenters. The minimum Gasteiger partial charge on any atom is -0.313 e. The molecule has 0 bridgehead atoms. The third-order valence-electron chi connectivity index (χ3n) is 3.69. The van der Waals surface area contributed by atoms with Crippen LogP contribution in [0.2, 0.25) is 0 Å². The molecule has 1 heteroatoms. The highest BCUT2D eigenvalue weighted by molar-refractivity contribution is 5.25. The summed E-state index contributed by atoms with van der Waals surface area (Å²) in [5, 5.41) is 3.66. The van der Waals surface area contributed by atoms with Gasteiger partial charge in [-0.2, -0.15) is 0 Å². The van der Waals surface area contributed by atoms with Gasteiger partial charge in [0.15, 0.2) is 0 Å². The van der Waals surface area contributed by atoms with Crippen LogP contribution in [0.4, 0.5) is 0 Å². The first kappa shape index (κ1) is 11.7. The van der Waals surface area contributed by atoms with Gasteiger partial charge in [0.2, 0.25) is 0 Å². The van der Waals surface area contributed by atoms with Gasteiger partial charge in [-0.25, -0.2) is 0 Å². The number of rotatable bonds is 5. The Morgan fingerprint density at radius 3 is 2.69 bits per heavy atom. The van der Waals surface area contributed by atoms with Crippen molar-refractivity contribution in [1.29, 1.82) is 0 Å². The van der Waals surface area contributed by atoms with E-state index in [1.165, 1.54) is 24.0 Å². The van der Waals surface area contributed by atoms with Crippen molar-refractivity contribution in [2.45, 2.75) is 45.6 Å². The third-order valence-corrected chi connectivity index (χ3v) is 3.69. The SMILES string of the molecule is Cc1cccc(C(C)CNC(C)C2CC2)c1. The Balaban J connectivity index is 1.84. The summed E-state index contributed by atoms with van der Waals surface area (Å²) in [5.74, 6) is 1.56. The number of benzene rings is 1. The Hall–Kier alpha value is -0.820. The van der Waals surface area contributed by atoms with Gasteiger partial charge in [0.1, 0.15) is 0 Å². The summed E-state index contributed by atoms with van der Waals surface area (Å²) in [6, 6.07) is 9.56. The van der Waals surface area contributed by atoms with E-state index in [0.29, 0.717) is 12.0 Å². The van der Waals surface area contributed by atoms with Crippen molar-refractivity contribution in [3.8, 4) is 0 Å². The standard InChI is InChI=1S/C15H23N/c1-11-5-4-6-15(9-11)12(2)10-16-13(3)14-7-8-14/h4-6,9,12-14,16H,7-8,10H2,1-3H3. The zero-order valence-corrected chi connectivity index (χ0v) is 10.7. The minimum atomic E-state index is 0.612. The molecule has 1 saturated carbocycles. The molecule has 88 valence electrons. The smallest absolute Gasteiger partial charge is 0.00672 e. The second-order valence-corrected chi connectivity index (χ2v) is 5.35. The lowest BCUT2D eigenvalue weighted by Crippen LogP contribution is -2.31. The first-order chi connectivity index (χ1) is 7.66. The fraction of sp³-hybridized carbons (Fsp3) is 0.600. The second-order valence-electron chi connectivity index (χ2n) is 5.35. The second kappa shape index (κ2) is 5.01. The number of aryl methyl sites for hydroxylation is 1. The summed E-state index contributed by atoms with van der Waals surface area (Å²) in [6.45, 7) is 7.89. The van der Waals surface area contributed by atoms with Crippen molar-refractivity contribution in [1.82, 2.24) is 5.32 Å². The van der Waals surface area contributed by atoms with Crippen LogP contribution in [0.25, 0.3) is 0 Å². The monoisotopic (exact) mass is 217 g/mol. The minimum absolute atomic E-state index is 0.612. The van der Waals surface area contributed by atoms with Gasteiger partial charge < -0.3 is 5.32 Å². The maximum Gasteiger partial charge on any atom is 0.00672 e. The molecule has 2 rings (SSSR count). The van der Waals surface area contributed by atoms with Gasteiger partial charge in [-0.3, -0.25) is 0 Å². The van der Waals surface area contributed by atoms with E-state index < -0.39 is 0 Å². The van der Waals surface area contributed by atoms with Crippen LogP contribution < -0.4 is 5.32 Å². The summed E-state index contributed by atoms with van der Waals surface area (Å²) < 4.78 is 0. The van der Waals surface area contributed by atoms with Crippen LogP contribution >= 0.6 is 0 Å². The Morgan fingerprint density at radius 1 is 1.31 bits per heavy atom. The van der Waals surface area contributed by atoms with Crippen LogP contribution in [-0.4, -0.2) is 12.6 Å². The van der Waals surface area contributed by atoms with Crippen molar-refractivity contribution < 1.29 is 0 Å². The molecule has 1 N–H and O–H groups in total. The Labute approximate surface area is 99.3 Å². The normalized spacial score (nSPS) is 19.4. The average Bonchev–Trinajstić information content (AvgIpc) is 3.09. The van der Waals surface area contributed by atoms with Gasteiger partial charge >= 0.3 is 0 Å². The molecule has 1 aromatic carbocycles. The summed E-state index contributed by atoms with van der Waals surface area (Å²) in [7, 11) is 0. The first-order valence-corrected chi connectivity index (χ1v) is 6.47. The van der Waals surface area contributed by atoms with Crippen LogP contribution in [0.15, 0.2) is 24.3 Å². The Kier molecular flexibility index (Phi) is 3.65. The highest BCUT2D eigenvalue weighted by atomic mass is 14.9. The van der Waals surface area contributed by atoms with Gasteiger partial charge in [0.05, 0.1) is 0 Å². The molecule has 1 aliphatic carbocycles. The van der Waals surface area contributed by atoms with Gasteiger partial charge in [-0.1, -0.05) is 36.8 Å². The molecule has 0 amide bonds. The van der Waals surface area contributed by atoms with E-state index in [2.05, 4.69) is 50.4 Å². The largest absolute Gasteiger partial charge is 0.313 e. The van der Waals surface area contributed by atoms with Gasteiger partial charge in [-0.15, -0.1) is 0 Å². The van der Waals surface area contributed by atoms with Crippen LogP contribution in [0.1, 0.15) is 43.7 Å². The molecule has 0 heterocycles. The molecule has 1 fully saturated rings. The lowest BCUT2D eigenvalue weighted by atomic mass is 9.99. The van der Waals surface area contributed by atoms with Crippen LogP contribution in [0.5, 0.6) is 0 Å². The van der Waals surface area contributed by atoms with E-state index in [1.54, 1.807) is 0 Å². The molecule has 1 aliphatic rings. The van der Waals surface area contributed by atoms with Crippen molar-refractivity contribution in [2.24, 2.45) is 5.92 Å². The molecule has 0 spiro atoms. The third kappa shape index (κ3) is 3.08. The highest BCUT2D eigenvalue weighted by Gasteiger charge is 2.27. The molecule has 0 aliphatic heterocycles. The van der Waals surface area contributed by atoms with E-state index in [4.69, 9.17) is 0 Å². The van der Waals surface area contributed by atoms with E-state index in [1.807, 2.05) is 0 Å². The summed E-state index contributed by atoms with van der Waals surface area (Å²) in [6.07, 6.45) is 2.85. The maximum atomic E-state index is 3.66. The highest BCUT2D eigenvalue weighted by Crippen LogP contribution is 2.32. The predicted molar refractivity (Wildman–Crippen MR) is 69.8 cm³/mol. The topological polar surface area (TPSA) is 12.0 Å². The van der Waals surface area contributed by atoms with E-state index in [-0.39, 0.29) is 0 Å². The lowest BCUT2D eigenvalue weighted by Gasteiger charge is -2.18. The van der Waals surface area contributed by atoms with Crippen molar-refractivity contribution in [2.75, 3.05) is 6.54 Å². The molecule has 1 nitrogen and oxygen atoms in total. The molecule has 2 atom stereocenters. The van der Waals surface area contributed by atoms with Crippen LogP contribution in [0, 0.1) is 12.8 Å². The Morgan fingerprint density at radius 2 is 2.06 bits per heavy atom. The lowest BCUT2D eigenvalue weighted by molar-refractivity contribution is 0.477. The molecule has 0 aromatic heterocycles. The van der Waals surface area contributed by atoms with Crippen molar-refractivity contribution in [3.63, 3.8) is 0 Å². The molecule has 16 heavy (non-hydrogen) atoms. The summed E-state index contributed by atoms with van der Waals surface area (Å²) in [5.41, 5.74) is 2.81. The average molecular weight is 217 g/mol. The van der Waals surface area contributed by atoms with Gasteiger partial charge in [0, 0.05) is 12.6 Å². The van der Waals surface area contributed by atoms with Crippen molar-refractivity contribution in [3.05, 3.63) is 35.4 Å². The van der Waals surface area contributed by atoms with Gasteiger partial charge in [-0.05, 0) is 44.1 Å². The first-order valence-electron chi connectivity index (χ1n) is 6.47. The molecule has 0 radical (unpaired) electrons. The zero-order chi connectivity index (χ0) is 11.5. The van der Waals surface area contributed by atoms with E-state index in [0.717, 1.165) is 12.5 Å². The quantitative estimate of drug-likeness (QED) is 0.796. The predicted octanol–water partition coefficient (Wildman–Crippen LogP) is 3.49. The molecule has 0 saturated heterocycles. The van der Waals surface area contributed by atoms with Crippen molar-refractivity contribution >= 4 is 0 Å². The van der Waals surface area contributed by atoms with Gasteiger partial charge in [0.25, 0.3) is 0 Å². The number of hydrogen-bond donors (Lipinski definition) is 1. The van der Waals surface area contributed by atoms with E-state index in [9.17, 15) is 0 Å². The summed E-state index contributed by atoms with van der Waals surface area (Å²) in [4.78, 5) is 0. The van der Waals surface area contributed by atoms with Crippen LogP contribution in [-0.2, 0) is 0 Å².